The van der Waals surface area contributed by atoms with Crippen LogP contribution in [0, 0.1) is 0 Å². The molecule has 144 valence electrons. The molecule has 6 nitrogen and oxygen atoms in total. The Balaban J connectivity index is 1.54. The minimum Gasteiger partial charge on any atom is -0.337 e. The summed E-state index contributed by atoms with van der Waals surface area (Å²) < 4.78 is 5.49. The molecule has 1 fully saturated rings. The van der Waals surface area contributed by atoms with Crippen molar-refractivity contribution in [2.75, 3.05) is 0 Å². The highest BCUT2D eigenvalue weighted by Gasteiger charge is 2.36. The van der Waals surface area contributed by atoms with Gasteiger partial charge in [0.15, 0.2) is 0 Å². The Labute approximate surface area is 164 Å². The van der Waals surface area contributed by atoms with Gasteiger partial charge in [0.05, 0.1) is 0 Å². The lowest BCUT2D eigenvalue weighted by atomic mass is 9.87. The van der Waals surface area contributed by atoms with Crippen molar-refractivity contribution in [2.24, 2.45) is 0 Å². The molecule has 1 aliphatic rings. The lowest BCUT2D eigenvalue weighted by Gasteiger charge is -2.23. The van der Waals surface area contributed by atoms with E-state index in [2.05, 4.69) is 60.2 Å². The van der Waals surface area contributed by atoms with Crippen LogP contribution >= 0.6 is 0 Å². The van der Waals surface area contributed by atoms with Crippen LogP contribution in [0.15, 0.2) is 53.2 Å². The van der Waals surface area contributed by atoms with Crippen LogP contribution < -0.4 is 0 Å². The second-order valence-electron chi connectivity index (χ2n) is 8.19. The number of hydrogen-bond donors (Lipinski definition) is 0. The summed E-state index contributed by atoms with van der Waals surface area (Å²) in [6.07, 6.45) is 2.87. The van der Waals surface area contributed by atoms with E-state index in [9.17, 15) is 4.79 Å². The Morgan fingerprint density at radius 1 is 1.14 bits per heavy atom. The molecule has 28 heavy (non-hydrogen) atoms. The summed E-state index contributed by atoms with van der Waals surface area (Å²) in [4.78, 5) is 23.1. The van der Waals surface area contributed by atoms with Crippen molar-refractivity contribution in [3.63, 3.8) is 0 Å². The van der Waals surface area contributed by atoms with Gasteiger partial charge in [0.2, 0.25) is 17.6 Å². The van der Waals surface area contributed by atoms with Crippen LogP contribution in [-0.4, -0.2) is 25.9 Å². The van der Waals surface area contributed by atoms with Crippen molar-refractivity contribution >= 4 is 5.91 Å². The molecule has 1 saturated heterocycles. The number of nitrogens with zero attached hydrogens (tertiary/aromatic N) is 4. The van der Waals surface area contributed by atoms with Crippen LogP contribution in [0.4, 0.5) is 0 Å². The number of hydrogen-bond acceptors (Lipinski definition) is 5. The van der Waals surface area contributed by atoms with E-state index >= 15 is 0 Å². The predicted octanol–water partition coefficient (Wildman–Crippen LogP) is 4.29. The number of aromatic nitrogens is 3. The third-order valence-electron chi connectivity index (χ3n) is 5.12. The van der Waals surface area contributed by atoms with E-state index in [4.69, 9.17) is 4.52 Å². The molecular weight excluding hydrogens is 352 g/mol. The number of carbonyl (C=O) groups excluding carboxylic acids is 1. The first-order chi connectivity index (χ1) is 13.4. The summed E-state index contributed by atoms with van der Waals surface area (Å²) in [6, 6.07) is 13.8. The maximum atomic E-state index is 12.5. The SMILES string of the molecule is CC(C)(C)c1ccc(CN2C(=O)CCC2c2nc(-c3ccccn3)no2)cc1. The average Bonchev–Trinajstić information content (AvgIpc) is 3.30. The van der Waals surface area contributed by atoms with Crippen molar-refractivity contribution in [3.8, 4) is 11.5 Å². The summed E-state index contributed by atoms with van der Waals surface area (Å²) >= 11 is 0. The fourth-order valence-corrected chi connectivity index (χ4v) is 3.47. The third kappa shape index (κ3) is 3.67. The van der Waals surface area contributed by atoms with Crippen molar-refractivity contribution in [3.05, 3.63) is 65.7 Å². The Morgan fingerprint density at radius 3 is 2.61 bits per heavy atom. The van der Waals surface area contributed by atoms with Crippen molar-refractivity contribution in [1.29, 1.82) is 0 Å². The van der Waals surface area contributed by atoms with Crippen LogP contribution in [0.1, 0.15) is 56.7 Å². The average molecular weight is 376 g/mol. The monoisotopic (exact) mass is 376 g/mol. The van der Waals surface area contributed by atoms with E-state index in [1.807, 2.05) is 23.1 Å². The molecule has 3 aromatic rings. The normalized spacial score (nSPS) is 17.3. The lowest BCUT2D eigenvalue weighted by molar-refractivity contribution is -0.129. The molecule has 0 saturated carbocycles. The van der Waals surface area contributed by atoms with E-state index in [-0.39, 0.29) is 17.4 Å². The zero-order chi connectivity index (χ0) is 19.7. The Bertz CT molecular complexity index is 958. The lowest BCUT2D eigenvalue weighted by Crippen LogP contribution is -2.27. The fraction of sp³-hybridized carbons (Fsp3) is 0.364. The first-order valence-electron chi connectivity index (χ1n) is 9.56. The molecule has 0 aliphatic carbocycles. The van der Waals surface area contributed by atoms with Gasteiger partial charge in [-0.1, -0.05) is 56.3 Å². The maximum Gasteiger partial charge on any atom is 0.249 e. The number of carbonyl (C=O) groups is 1. The molecule has 1 atom stereocenters. The molecule has 1 unspecified atom stereocenters. The van der Waals surface area contributed by atoms with Gasteiger partial charge in [0.25, 0.3) is 0 Å². The molecule has 0 radical (unpaired) electrons. The zero-order valence-electron chi connectivity index (χ0n) is 16.4. The smallest absolute Gasteiger partial charge is 0.249 e. The van der Waals surface area contributed by atoms with Crippen molar-refractivity contribution < 1.29 is 9.32 Å². The fourth-order valence-electron chi connectivity index (χ4n) is 3.47. The molecule has 0 spiro atoms. The molecule has 0 bridgehead atoms. The summed E-state index contributed by atoms with van der Waals surface area (Å²) in [5.41, 5.74) is 3.14. The van der Waals surface area contributed by atoms with Gasteiger partial charge in [-0.2, -0.15) is 4.98 Å². The van der Waals surface area contributed by atoms with Crippen LogP contribution in [0.25, 0.3) is 11.5 Å². The van der Waals surface area contributed by atoms with E-state index in [0.29, 0.717) is 36.8 Å². The standard InChI is InChI=1S/C22H24N4O2/c1-22(2,3)16-9-7-15(8-10-16)14-26-18(11-12-19(26)27)21-24-20(25-28-21)17-6-4-5-13-23-17/h4-10,13,18H,11-12,14H2,1-3H3. The summed E-state index contributed by atoms with van der Waals surface area (Å²) in [7, 11) is 0. The van der Waals surface area contributed by atoms with Crippen LogP contribution in [0.2, 0.25) is 0 Å². The number of likely N-dealkylation sites (tertiary alicyclic amines) is 1. The number of amides is 1. The van der Waals surface area contributed by atoms with Crippen LogP contribution in [0.3, 0.4) is 0 Å². The largest absolute Gasteiger partial charge is 0.337 e. The molecule has 2 aromatic heterocycles. The number of pyridine rings is 1. The highest BCUT2D eigenvalue weighted by Crippen LogP contribution is 2.34. The third-order valence-corrected chi connectivity index (χ3v) is 5.12. The zero-order valence-corrected chi connectivity index (χ0v) is 16.4. The second-order valence-corrected chi connectivity index (χ2v) is 8.19. The van der Waals surface area contributed by atoms with Gasteiger partial charge < -0.3 is 9.42 Å². The van der Waals surface area contributed by atoms with Gasteiger partial charge in [-0.25, -0.2) is 0 Å². The quantitative estimate of drug-likeness (QED) is 0.679. The van der Waals surface area contributed by atoms with Gasteiger partial charge in [-0.15, -0.1) is 0 Å². The summed E-state index contributed by atoms with van der Waals surface area (Å²) in [6.45, 7) is 7.11. The van der Waals surface area contributed by atoms with Gasteiger partial charge in [-0.3, -0.25) is 9.78 Å². The summed E-state index contributed by atoms with van der Waals surface area (Å²) in [5, 5.41) is 4.05. The number of rotatable bonds is 4. The highest BCUT2D eigenvalue weighted by molar-refractivity contribution is 5.78. The molecular formula is C22H24N4O2. The minimum atomic E-state index is -0.195. The molecule has 6 heteroatoms. The van der Waals surface area contributed by atoms with Crippen LogP contribution in [0.5, 0.6) is 0 Å². The number of benzene rings is 1. The van der Waals surface area contributed by atoms with E-state index in [1.54, 1.807) is 6.20 Å². The Kier molecular flexibility index (Phi) is 4.71. The Morgan fingerprint density at radius 2 is 1.93 bits per heavy atom. The van der Waals surface area contributed by atoms with E-state index < -0.39 is 0 Å². The summed E-state index contributed by atoms with van der Waals surface area (Å²) in [5.74, 6) is 1.03. The Hall–Kier alpha value is -3.02. The highest BCUT2D eigenvalue weighted by atomic mass is 16.5. The van der Waals surface area contributed by atoms with Crippen molar-refractivity contribution in [1.82, 2.24) is 20.0 Å². The van der Waals surface area contributed by atoms with Gasteiger partial charge >= 0.3 is 0 Å². The first kappa shape index (κ1) is 18.3. The van der Waals surface area contributed by atoms with E-state index in [1.165, 1.54) is 5.56 Å². The molecule has 3 heterocycles. The predicted molar refractivity (Wildman–Crippen MR) is 105 cm³/mol. The molecule has 4 rings (SSSR count). The molecule has 0 N–H and O–H groups in total. The molecule has 1 aromatic carbocycles. The first-order valence-corrected chi connectivity index (χ1v) is 9.56. The van der Waals surface area contributed by atoms with Gasteiger partial charge in [0, 0.05) is 19.2 Å². The topological polar surface area (TPSA) is 72.1 Å². The minimum absolute atomic E-state index is 0.107. The van der Waals surface area contributed by atoms with E-state index in [0.717, 1.165) is 5.56 Å². The molecule has 1 amide bonds. The van der Waals surface area contributed by atoms with Crippen LogP contribution in [-0.2, 0) is 16.8 Å². The van der Waals surface area contributed by atoms with Crippen molar-refractivity contribution in [2.45, 2.75) is 51.6 Å². The van der Waals surface area contributed by atoms with Gasteiger partial charge in [0.1, 0.15) is 11.7 Å². The maximum absolute atomic E-state index is 12.5. The molecule has 1 aliphatic heterocycles. The second kappa shape index (κ2) is 7.19. The van der Waals surface area contributed by atoms with Gasteiger partial charge in [-0.05, 0) is 35.1 Å².